The molecule has 1 aromatic carbocycles. The van der Waals surface area contributed by atoms with Gasteiger partial charge in [0.15, 0.2) is 5.92 Å². The first-order chi connectivity index (χ1) is 10.0. The molecule has 0 saturated carbocycles. The van der Waals surface area contributed by atoms with Crippen molar-refractivity contribution in [3.63, 3.8) is 0 Å². The van der Waals surface area contributed by atoms with E-state index in [1.54, 1.807) is 25.9 Å². The monoisotopic (exact) mass is 353 g/mol. The number of carbonyl (C=O) groups excluding carboxylic acids is 1. The Bertz CT molecular complexity index is 627. The summed E-state index contributed by atoms with van der Waals surface area (Å²) in [5.41, 5.74) is 0.733. The Hall–Kier alpha value is -1.89. The van der Waals surface area contributed by atoms with Gasteiger partial charge in [-0.15, -0.1) is 0 Å². The number of rotatable bonds is 5. The Labute approximate surface area is 131 Å². The molecule has 2 aromatic rings. The second-order valence-electron chi connectivity index (χ2n) is 4.57. The topological polar surface area (TPSA) is 68.5 Å². The van der Waals surface area contributed by atoms with Crippen molar-refractivity contribution in [2.45, 2.75) is 12.8 Å². The lowest BCUT2D eigenvalue weighted by Crippen LogP contribution is -2.18. The first kappa shape index (κ1) is 15.5. The highest BCUT2D eigenvalue weighted by Gasteiger charge is 2.30. The number of benzene rings is 1. The van der Waals surface area contributed by atoms with Crippen LogP contribution in [0, 0.1) is 0 Å². The second kappa shape index (κ2) is 6.71. The first-order valence-corrected chi connectivity index (χ1v) is 7.25. The molecule has 1 aromatic heterocycles. The minimum Gasteiger partial charge on any atom is -0.465 e. The predicted octanol–water partition coefficient (Wildman–Crippen LogP) is 2.59. The van der Waals surface area contributed by atoms with Gasteiger partial charge in [0.2, 0.25) is 5.89 Å². The zero-order valence-electron chi connectivity index (χ0n) is 12.0. The average molecular weight is 354 g/mol. The number of ether oxygens (including phenoxy) is 1. The fourth-order valence-corrected chi connectivity index (χ4v) is 2.23. The number of nitrogens with zero attached hydrogens (tertiary/aromatic N) is 3. The van der Waals surface area contributed by atoms with E-state index in [1.807, 2.05) is 24.3 Å². The maximum atomic E-state index is 12.3. The van der Waals surface area contributed by atoms with E-state index in [9.17, 15) is 4.79 Å². The second-order valence-corrected chi connectivity index (χ2v) is 5.48. The Morgan fingerprint density at radius 3 is 2.81 bits per heavy atom. The third kappa shape index (κ3) is 3.60. The quantitative estimate of drug-likeness (QED) is 0.769. The summed E-state index contributed by atoms with van der Waals surface area (Å²) in [6.45, 7) is 2.05. The van der Waals surface area contributed by atoms with Crippen LogP contribution in [0.4, 0.5) is 5.95 Å². The molecule has 1 heterocycles. The van der Waals surface area contributed by atoms with Gasteiger partial charge in [-0.3, -0.25) is 4.79 Å². The van der Waals surface area contributed by atoms with Crippen molar-refractivity contribution >= 4 is 27.8 Å². The van der Waals surface area contributed by atoms with Gasteiger partial charge in [0, 0.05) is 18.6 Å². The summed E-state index contributed by atoms with van der Waals surface area (Å²) in [6.07, 6.45) is 0. The Balaban J connectivity index is 2.42. The fourth-order valence-electron chi connectivity index (χ4n) is 1.82. The number of halogens is 1. The SMILES string of the molecule is CCOC(=O)C(c1cccc(Br)c1)c1nc(N(C)C)no1. The molecule has 0 aliphatic rings. The maximum Gasteiger partial charge on any atom is 0.323 e. The third-order valence-corrected chi connectivity index (χ3v) is 3.28. The summed E-state index contributed by atoms with van der Waals surface area (Å²) in [5, 5.41) is 3.85. The molecule has 0 bridgehead atoms. The highest BCUT2D eigenvalue weighted by molar-refractivity contribution is 9.10. The van der Waals surface area contributed by atoms with Crippen LogP contribution in [0.3, 0.4) is 0 Å². The van der Waals surface area contributed by atoms with E-state index in [4.69, 9.17) is 9.26 Å². The summed E-state index contributed by atoms with van der Waals surface area (Å²) < 4.78 is 11.2. The Kier molecular flexibility index (Phi) is 4.95. The highest BCUT2D eigenvalue weighted by atomic mass is 79.9. The minimum atomic E-state index is -0.733. The molecule has 7 heteroatoms. The summed E-state index contributed by atoms with van der Waals surface area (Å²) in [7, 11) is 3.60. The summed E-state index contributed by atoms with van der Waals surface area (Å²) in [5.74, 6) is -0.516. The first-order valence-electron chi connectivity index (χ1n) is 6.46. The molecule has 0 aliphatic heterocycles. The fraction of sp³-hybridized carbons (Fsp3) is 0.357. The molecule has 0 aliphatic carbocycles. The third-order valence-electron chi connectivity index (χ3n) is 2.78. The largest absolute Gasteiger partial charge is 0.465 e. The van der Waals surface area contributed by atoms with Crippen molar-refractivity contribution in [1.82, 2.24) is 10.1 Å². The average Bonchev–Trinajstić information content (AvgIpc) is 2.89. The molecule has 6 nitrogen and oxygen atoms in total. The lowest BCUT2D eigenvalue weighted by atomic mass is 9.99. The molecular weight excluding hydrogens is 338 g/mol. The van der Waals surface area contributed by atoms with Gasteiger partial charge < -0.3 is 14.2 Å². The lowest BCUT2D eigenvalue weighted by molar-refractivity contribution is -0.144. The van der Waals surface area contributed by atoms with Gasteiger partial charge in [-0.25, -0.2) is 0 Å². The molecule has 0 saturated heterocycles. The van der Waals surface area contributed by atoms with Crippen molar-refractivity contribution in [1.29, 1.82) is 0 Å². The molecule has 0 N–H and O–H groups in total. The van der Waals surface area contributed by atoms with Crippen LogP contribution >= 0.6 is 15.9 Å². The molecule has 0 radical (unpaired) electrons. The van der Waals surface area contributed by atoms with Crippen molar-refractivity contribution in [2.24, 2.45) is 0 Å². The molecule has 1 unspecified atom stereocenters. The van der Waals surface area contributed by atoms with E-state index in [2.05, 4.69) is 26.1 Å². The number of hydrogen-bond acceptors (Lipinski definition) is 6. The summed E-state index contributed by atoms with van der Waals surface area (Å²) in [4.78, 5) is 18.2. The van der Waals surface area contributed by atoms with Crippen molar-refractivity contribution in [2.75, 3.05) is 25.6 Å². The molecular formula is C14H16BrN3O3. The van der Waals surface area contributed by atoms with Crippen LogP contribution in [-0.4, -0.2) is 36.8 Å². The Morgan fingerprint density at radius 2 is 2.24 bits per heavy atom. The zero-order valence-corrected chi connectivity index (χ0v) is 13.6. The number of carbonyl (C=O) groups is 1. The van der Waals surface area contributed by atoms with E-state index in [1.165, 1.54) is 0 Å². The highest BCUT2D eigenvalue weighted by Crippen LogP contribution is 2.28. The molecule has 0 spiro atoms. The van der Waals surface area contributed by atoms with E-state index in [0.29, 0.717) is 5.95 Å². The zero-order chi connectivity index (χ0) is 15.4. The summed E-state index contributed by atoms with van der Waals surface area (Å²) in [6, 6.07) is 7.38. The van der Waals surface area contributed by atoms with Gasteiger partial charge in [-0.2, -0.15) is 4.98 Å². The van der Waals surface area contributed by atoms with E-state index < -0.39 is 11.9 Å². The van der Waals surface area contributed by atoms with Gasteiger partial charge >= 0.3 is 5.97 Å². The standard InChI is InChI=1S/C14H16BrN3O3/c1-4-20-13(19)11(9-6-5-7-10(15)8-9)12-16-14(17-21-12)18(2)3/h5-8,11H,4H2,1-3H3. The van der Waals surface area contributed by atoms with E-state index in [0.717, 1.165) is 10.0 Å². The van der Waals surface area contributed by atoms with Gasteiger partial charge in [0.1, 0.15) is 0 Å². The van der Waals surface area contributed by atoms with Crippen molar-refractivity contribution < 1.29 is 14.1 Å². The molecule has 0 amide bonds. The van der Waals surface area contributed by atoms with E-state index in [-0.39, 0.29) is 12.5 Å². The number of hydrogen-bond donors (Lipinski definition) is 0. The van der Waals surface area contributed by atoms with Gasteiger partial charge in [-0.1, -0.05) is 28.1 Å². The molecule has 2 rings (SSSR count). The minimum absolute atomic E-state index is 0.218. The maximum absolute atomic E-state index is 12.3. The molecule has 0 fully saturated rings. The molecule has 1 atom stereocenters. The molecule has 112 valence electrons. The smallest absolute Gasteiger partial charge is 0.323 e. The van der Waals surface area contributed by atoms with Crippen LogP contribution in [-0.2, 0) is 9.53 Å². The van der Waals surface area contributed by atoms with E-state index >= 15 is 0 Å². The van der Waals surface area contributed by atoms with Gasteiger partial charge in [-0.05, 0) is 29.8 Å². The van der Waals surface area contributed by atoms with Crippen LogP contribution in [0.5, 0.6) is 0 Å². The predicted molar refractivity (Wildman–Crippen MR) is 81.2 cm³/mol. The van der Waals surface area contributed by atoms with Crippen molar-refractivity contribution in [3.05, 3.63) is 40.2 Å². The van der Waals surface area contributed by atoms with Crippen LogP contribution in [0.15, 0.2) is 33.3 Å². The van der Waals surface area contributed by atoms with Gasteiger partial charge in [0.05, 0.1) is 6.61 Å². The van der Waals surface area contributed by atoms with Crippen LogP contribution in [0.2, 0.25) is 0 Å². The van der Waals surface area contributed by atoms with Gasteiger partial charge in [0.25, 0.3) is 5.95 Å². The van der Waals surface area contributed by atoms with Crippen molar-refractivity contribution in [3.8, 4) is 0 Å². The van der Waals surface area contributed by atoms with Crippen LogP contribution < -0.4 is 4.90 Å². The van der Waals surface area contributed by atoms with Crippen LogP contribution in [0.1, 0.15) is 24.3 Å². The number of anilines is 1. The lowest BCUT2D eigenvalue weighted by Gasteiger charge is -2.12. The summed E-state index contributed by atoms with van der Waals surface area (Å²) >= 11 is 3.39. The number of aromatic nitrogens is 2. The number of esters is 1. The normalized spacial score (nSPS) is 12.0. The Morgan fingerprint density at radius 1 is 1.48 bits per heavy atom. The van der Waals surface area contributed by atoms with Crippen LogP contribution in [0.25, 0.3) is 0 Å². The molecule has 21 heavy (non-hydrogen) atoms.